The molecule has 0 unspecified atom stereocenters. The van der Waals surface area contributed by atoms with Crippen molar-refractivity contribution in [2.45, 2.75) is 18.8 Å². The minimum atomic E-state index is 0.234. The Morgan fingerprint density at radius 1 is 1.16 bits per heavy atom. The van der Waals surface area contributed by atoms with Crippen LogP contribution in [-0.2, 0) is 4.74 Å². The quantitative estimate of drug-likeness (QED) is 0.897. The van der Waals surface area contributed by atoms with Gasteiger partial charge < -0.3 is 9.84 Å². The van der Waals surface area contributed by atoms with Gasteiger partial charge in [0.1, 0.15) is 5.75 Å². The van der Waals surface area contributed by atoms with Crippen LogP contribution in [0.15, 0.2) is 36.5 Å². The van der Waals surface area contributed by atoms with Crippen molar-refractivity contribution in [3.63, 3.8) is 0 Å². The number of rotatable bonds is 2. The second kappa shape index (κ2) is 5.36. The first-order chi connectivity index (χ1) is 9.33. The summed E-state index contributed by atoms with van der Waals surface area (Å²) < 4.78 is 5.38. The van der Waals surface area contributed by atoms with Crippen LogP contribution in [0.3, 0.4) is 0 Å². The third-order valence-corrected chi connectivity index (χ3v) is 3.42. The fourth-order valence-electron chi connectivity index (χ4n) is 2.38. The molecule has 2 heterocycles. The Morgan fingerprint density at radius 2 is 2.00 bits per heavy atom. The fraction of sp³-hybridized carbons (Fsp3) is 0.333. The molecule has 1 aliphatic rings. The molecule has 19 heavy (non-hydrogen) atoms. The molecule has 0 bridgehead atoms. The number of phenols is 1. The number of aromatic hydroxyl groups is 1. The van der Waals surface area contributed by atoms with Crippen LogP contribution in [0.5, 0.6) is 5.75 Å². The molecule has 0 atom stereocenters. The molecule has 4 heteroatoms. The Bertz CT molecular complexity index is 566. The van der Waals surface area contributed by atoms with Crippen molar-refractivity contribution in [2.75, 3.05) is 13.2 Å². The van der Waals surface area contributed by atoms with Gasteiger partial charge in [0.15, 0.2) is 5.82 Å². The highest BCUT2D eigenvalue weighted by Gasteiger charge is 2.17. The number of aromatic nitrogens is 2. The summed E-state index contributed by atoms with van der Waals surface area (Å²) in [6.07, 6.45) is 3.81. The van der Waals surface area contributed by atoms with Crippen molar-refractivity contribution >= 4 is 0 Å². The Labute approximate surface area is 112 Å². The van der Waals surface area contributed by atoms with Crippen LogP contribution in [0.4, 0.5) is 0 Å². The molecule has 1 aromatic carbocycles. The van der Waals surface area contributed by atoms with Crippen molar-refractivity contribution < 1.29 is 9.84 Å². The molecular weight excluding hydrogens is 240 g/mol. The Morgan fingerprint density at radius 3 is 2.79 bits per heavy atom. The molecule has 1 N–H and O–H groups in total. The fourth-order valence-corrected chi connectivity index (χ4v) is 2.38. The van der Waals surface area contributed by atoms with Crippen molar-refractivity contribution in [1.29, 1.82) is 0 Å². The Kier molecular flexibility index (Phi) is 3.42. The summed E-state index contributed by atoms with van der Waals surface area (Å²) in [6, 6.07) is 9.01. The molecule has 1 aliphatic heterocycles. The number of phenolic OH excluding ortho intramolecular Hbond substituents is 1. The van der Waals surface area contributed by atoms with E-state index in [0.717, 1.165) is 37.3 Å². The topological polar surface area (TPSA) is 55.2 Å². The zero-order valence-electron chi connectivity index (χ0n) is 10.6. The molecule has 0 amide bonds. The van der Waals surface area contributed by atoms with Crippen LogP contribution < -0.4 is 0 Å². The molecule has 2 aromatic rings. The molecule has 3 rings (SSSR count). The molecule has 1 aromatic heterocycles. The summed E-state index contributed by atoms with van der Waals surface area (Å²) in [5, 5.41) is 9.52. The van der Waals surface area contributed by atoms with Gasteiger partial charge in [0.25, 0.3) is 0 Å². The van der Waals surface area contributed by atoms with Crippen LogP contribution in [0.2, 0.25) is 0 Å². The second-order valence-corrected chi connectivity index (χ2v) is 4.74. The predicted octanol–water partition coefficient (Wildman–Crippen LogP) is 2.74. The molecule has 1 saturated heterocycles. The normalized spacial score (nSPS) is 16.4. The number of benzene rings is 1. The van der Waals surface area contributed by atoms with E-state index in [9.17, 15) is 5.11 Å². The molecule has 98 valence electrons. The largest absolute Gasteiger partial charge is 0.508 e. The molecule has 0 radical (unpaired) electrons. The maximum absolute atomic E-state index is 9.52. The predicted molar refractivity (Wildman–Crippen MR) is 71.9 cm³/mol. The highest BCUT2D eigenvalue weighted by atomic mass is 16.5. The third-order valence-electron chi connectivity index (χ3n) is 3.42. The van der Waals surface area contributed by atoms with Crippen molar-refractivity contribution in [2.24, 2.45) is 0 Å². The van der Waals surface area contributed by atoms with E-state index in [2.05, 4.69) is 9.97 Å². The highest BCUT2D eigenvalue weighted by Crippen LogP contribution is 2.27. The van der Waals surface area contributed by atoms with E-state index in [1.807, 2.05) is 12.1 Å². The van der Waals surface area contributed by atoms with E-state index in [1.165, 1.54) is 0 Å². The molecule has 0 aliphatic carbocycles. The first-order valence-electron chi connectivity index (χ1n) is 6.53. The molecule has 0 spiro atoms. The average Bonchev–Trinajstić information content (AvgIpc) is 2.48. The van der Waals surface area contributed by atoms with Crippen molar-refractivity contribution in [1.82, 2.24) is 9.97 Å². The minimum absolute atomic E-state index is 0.234. The SMILES string of the molecule is Oc1cccc(-c2nccc(C3CCOCC3)n2)c1. The lowest BCUT2D eigenvalue weighted by atomic mass is 9.96. The monoisotopic (exact) mass is 256 g/mol. The minimum Gasteiger partial charge on any atom is -0.508 e. The zero-order valence-corrected chi connectivity index (χ0v) is 10.6. The van der Waals surface area contributed by atoms with E-state index < -0.39 is 0 Å². The van der Waals surface area contributed by atoms with Crippen LogP contribution >= 0.6 is 0 Å². The van der Waals surface area contributed by atoms with Crippen molar-refractivity contribution in [3.05, 3.63) is 42.2 Å². The van der Waals surface area contributed by atoms with Crippen LogP contribution in [0.1, 0.15) is 24.5 Å². The van der Waals surface area contributed by atoms with E-state index in [1.54, 1.807) is 24.4 Å². The average molecular weight is 256 g/mol. The highest BCUT2D eigenvalue weighted by molar-refractivity contribution is 5.57. The molecule has 1 fully saturated rings. The molecular formula is C15H16N2O2. The first-order valence-corrected chi connectivity index (χ1v) is 6.53. The number of hydrogen-bond acceptors (Lipinski definition) is 4. The molecule has 0 saturated carbocycles. The Hall–Kier alpha value is -1.94. The van der Waals surface area contributed by atoms with E-state index in [0.29, 0.717) is 11.7 Å². The standard InChI is InChI=1S/C15H16N2O2/c18-13-3-1-2-12(10-13)15-16-7-4-14(17-15)11-5-8-19-9-6-11/h1-4,7,10-11,18H,5-6,8-9H2. The third kappa shape index (κ3) is 2.74. The summed E-state index contributed by atoms with van der Waals surface area (Å²) in [5.41, 5.74) is 1.91. The number of nitrogens with zero attached hydrogens (tertiary/aromatic N) is 2. The van der Waals surface area contributed by atoms with Gasteiger partial charge in [0, 0.05) is 36.6 Å². The number of ether oxygens (including phenoxy) is 1. The Balaban J connectivity index is 1.91. The van der Waals surface area contributed by atoms with Gasteiger partial charge >= 0.3 is 0 Å². The summed E-state index contributed by atoms with van der Waals surface area (Å²) in [4.78, 5) is 8.92. The van der Waals surface area contributed by atoms with Gasteiger partial charge in [-0.15, -0.1) is 0 Å². The maximum Gasteiger partial charge on any atom is 0.159 e. The summed E-state index contributed by atoms with van der Waals surface area (Å²) in [5.74, 6) is 1.35. The van der Waals surface area contributed by atoms with Gasteiger partial charge in [-0.2, -0.15) is 0 Å². The van der Waals surface area contributed by atoms with Crippen LogP contribution in [-0.4, -0.2) is 28.3 Å². The smallest absolute Gasteiger partial charge is 0.159 e. The van der Waals surface area contributed by atoms with E-state index in [4.69, 9.17) is 4.74 Å². The van der Waals surface area contributed by atoms with Gasteiger partial charge in [0.05, 0.1) is 0 Å². The van der Waals surface area contributed by atoms with E-state index in [-0.39, 0.29) is 5.75 Å². The van der Waals surface area contributed by atoms with Crippen molar-refractivity contribution in [3.8, 4) is 17.1 Å². The summed E-state index contributed by atoms with van der Waals surface area (Å²) in [6.45, 7) is 1.60. The first kappa shape index (κ1) is 12.1. The zero-order chi connectivity index (χ0) is 13.1. The maximum atomic E-state index is 9.52. The lowest BCUT2D eigenvalue weighted by molar-refractivity contribution is 0.0845. The van der Waals surface area contributed by atoms with Gasteiger partial charge in [-0.1, -0.05) is 12.1 Å². The molecule has 4 nitrogen and oxygen atoms in total. The second-order valence-electron chi connectivity index (χ2n) is 4.74. The van der Waals surface area contributed by atoms with Gasteiger partial charge in [-0.25, -0.2) is 9.97 Å². The van der Waals surface area contributed by atoms with Crippen LogP contribution in [0, 0.1) is 0 Å². The van der Waals surface area contributed by atoms with Gasteiger partial charge in [-0.3, -0.25) is 0 Å². The van der Waals surface area contributed by atoms with E-state index >= 15 is 0 Å². The lowest BCUT2D eigenvalue weighted by Crippen LogP contribution is -2.15. The van der Waals surface area contributed by atoms with Gasteiger partial charge in [-0.05, 0) is 31.0 Å². The van der Waals surface area contributed by atoms with Gasteiger partial charge in [0.2, 0.25) is 0 Å². The summed E-state index contributed by atoms with van der Waals surface area (Å²) in [7, 11) is 0. The summed E-state index contributed by atoms with van der Waals surface area (Å²) >= 11 is 0. The van der Waals surface area contributed by atoms with Crippen LogP contribution in [0.25, 0.3) is 11.4 Å². The number of hydrogen-bond donors (Lipinski definition) is 1. The lowest BCUT2D eigenvalue weighted by Gasteiger charge is -2.21.